The van der Waals surface area contributed by atoms with Gasteiger partial charge in [-0.1, -0.05) is 30.3 Å². The largest absolute Gasteiger partial charge is 0.417 e. The number of alkyl halides is 3. The van der Waals surface area contributed by atoms with Crippen molar-refractivity contribution in [1.29, 1.82) is 0 Å². The van der Waals surface area contributed by atoms with E-state index in [2.05, 4.69) is 15.5 Å². The molecular formula is C18H15F3N4O. The van der Waals surface area contributed by atoms with E-state index in [0.29, 0.717) is 12.1 Å². The van der Waals surface area contributed by atoms with Crippen LogP contribution in [-0.2, 0) is 12.6 Å². The molecule has 0 radical (unpaired) electrons. The Morgan fingerprint density at radius 1 is 1.04 bits per heavy atom. The van der Waals surface area contributed by atoms with E-state index in [1.54, 1.807) is 6.20 Å². The summed E-state index contributed by atoms with van der Waals surface area (Å²) in [6, 6.07) is 14.0. The second kappa shape index (κ2) is 7.38. The molecule has 8 heteroatoms. The first-order valence-electron chi connectivity index (χ1n) is 7.86. The third-order valence-electron chi connectivity index (χ3n) is 3.67. The average molecular weight is 360 g/mol. The van der Waals surface area contributed by atoms with E-state index in [0.717, 1.165) is 17.8 Å². The van der Waals surface area contributed by atoms with Crippen LogP contribution in [0.4, 0.5) is 13.2 Å². The van der Waals surface area contributed by atoms with E-state index >= 15 is 0 Å². The lowest BCUT2D eigenvalue weighted by Crippen LogP contribution is -2.28. The van der Waals surface area contributed by atoms with E-state index in [4.69, 9.17) is 0 Å². The Kier molecular flexibility index (Phi) is 5.01. The lowest BCUT2D eigenvalue weighted by molar-refractivity contribution is -0.137. The Balaban J connectivity index is 1.61. The Hall–Kier alpha value is -3.16. The van der Waals surface area contributed by atoms with Gasteiger partial charge in [0.25, 0.3) is 5.91 Å². The molecule has 0 unspecified atom stereocenters. The molecule has 0 saturated carbocycles. The number of hydrogen-bond donors (Lipinski definition) is 1. The molecule has 3 rings (SSSR count). The molecule has 0 aliphatic rings. The molecule has 1 N–H and O–H groups in total. The molecule has 0 atom stereocenters. The monoisotopic (exact) mass is 360 g/mol. The smallest absolute Gasteiger partial charge is 0.352 e. The second-order valence-electron chi connectivity index (χ2n) is 5.51. The van der Waals surface area contributed by atoms with Gasteiger partial charge in [0, 0.05) is 13.0 Å². The number of carbonyl (C=O) groups excluding carboxylic acids is 1. The highest BCUT2D eigenvalue weighted by atomic mass is 19.4. The third kappa shape index (κ3) is 4.08. The maximum absolute atomic E-state index is 13.0. The number of nitrogens with zero attached hydrogens (tertiary/aromatic N) is 3. The van der Waals surface area contributed by atoms with E-state index in [1.807, 2.05) is 30.3 Å². The molecule has 134 valence electrons. The van der Waals surface area contributed by atoms with Crippen LogP contribution in [0.5, 0.6) is 0 Å². The van der Waals surface area contributed by atoms with E-state index < -0.39 is 23.2 Å². The van der Waals surface area contributed by atoms with Crippen molar-refractivity contribution < 1.29 is 18.0 Å². The summed E-state index contributed by atoms with van der Waals surface area (Å²) in [4.78, 5) is 13.5. The van der Waals surface area contributed by atoms with E-state index in [1.165, 1.54) is 16.9 Å². The van der Waals surface area contributed by atoms with Gasteiger partial charge in [0.2, 0.25) is 0 Å². The number of hydrogen-bond acceptors (Lipinski definition) is 3. The van der Waals surface area contributed by atoms with Crippen LogP contribution in [0, 0.1) is 0 Å². The van der Waals surface area contributed by atoms with Crippen molar-refractivity contribution in [3.63, 3.8) is 0 Å². The summed E-state index contributed by atoms with van der Waals surface area (Å²) in [7, 11) is 0. The Bertz CT molecular complexity index is 891. The molecule has 0 aliphatic carbocycles. The first kappa shape index (κ1) is 17.7. The SMILES string of the molecule is O=C(NCCc1cnn(-c2ccccc2)n1)c1ccccc1C(F)(F)F. The molecule has 1 heterocycles. The summed E-state index contributed by atoms with van der Waals surface area (Å²) in [5.74, 6) is -0.770. The Morgan fingerprint density at radius 2 is 1.73 bits per heavy atom. The van der Waals surface area contributed by atoms with Crippen LogP contribution in [-0.4, -0.2) is 27.4 Å². The van der Waals surface area contributed by atoms with Gasteiger partial charge < -0.3 is 5.32 Å². The van der Waals surface area contributed by atoms with Crippen LogP contribution >= 0.6 is 0 Å². The van der Waals surface area contributed by atoms with Crippen molar-refractivity contribution in [3.8, 4) is 5.69 Å². The lowest BCUT2D eigenvalue weighted by atomic mass is 10.1. The van der Waals surface area contributed by atoms with Crippen molar-refractivity contribution >= 4 is 5.91 Å². The Labute approximate surface area is 147 Å². The summed E-state index contributed by atoms with van der Waals surface area (Å²) in [6.45, 7) is 0.151. The highest BCUT2D eigenvalue weighted by molar-refractivity contribution is 5.95. The summed E-state index contributed by atoms with van der Waals surface area (Å²) in [5.41, 5.74) is 0.0700. The van der Waals surface area contributed by atoms with Gasteiger partial charge in [-0.3, -0.25) is 4.79 Å². The molecule has 0 saturated heterocycles. The number of carbonyl (C=O) groups is 1. The van der Waals surface area contributed by atoms with Gasteiger partial charge >= 0.3 is 6.18 Å². The summed E-state index contributed by atoms with van der Waals surface area (Å²) >= 11 is 0. The number of benzene rings is 2. The first-order chi connectivity index (χ1) is 12.4. The van der Waals surface area contributed by atoms with Gasteiger partial charge in [0.15, 0.2) is 0 Å². The predicted molar refractivity (Wildman–Crippen MR) is 88.8 cm³/mol. The van der Waals surface area contributed by atoms with Gasteiger partial charge in [0.05, 0.1) is 28.7 Å². The molecular weight excluding hydrogens is 345 g/mol. The minimum absolute atomic E-state index is 0.151. The topological polar surface area (TPSA) is 59.8 Å². The van der Waals surface area contributed by atoms with Crippen LogP contribution in [0.1, 0.15) is 21.6 Å². The zero-order valence-electron chi connectivity index (χ0n) is 13.6. The standard InChI is InChI=1S/C18H15F3N4O/c19-18(20,21)16-9-5-4-8-15(16)17(26)22-11-10-13-12-23-25(24-13)14-6-2-1-3-7-14/h1-9,12H,10-11H2,(H,22,26). The molecule has 5 nitrogen and oxygen atoms in total. The molecule has 26 heavy (non-hydrogen) atoms. The fourth-order valence-corrected chi connectivity index (χ4v) is 2.42. The van der Waals surface area contributed by atoms with Crippen molar-refractivity contribution in [2.45, 2.75) is 12.6 Å². The van der Waals surface area contributed by atoms with Gasteiger partial charge in [-0.05, 0) is 24.3 Å². The fraction of sp³-hybridized carbons (Fsp3) is 0.167. The zero-order chi connectivity index (χ0) is 18.6. The van der Waals surface area contributed by atoms with E-state index in [-0.39, 0.29) is 6.54 Å². The molecule has 0 spiro atoms. The molecule has 0 bridgehead atoms. The number of aromatic nitrogens is 3. The van der Waals surface area contributed by atoms with Crippen LogP contribution in [0.3, 0.4) is 0 Å². The average Bonchev–Trinajstić information content (AvgIpc) is 3.10. The highest BCUT2D eigenvalue weighted by Gasteiger charge is 2.34. The highest BCUT2D eigenvalue weighted by Crippen LogP contribution is 2.31. The van der Waals surface area contributed by atoms with Crippen molar-refractivity contribution in [2.75, 3.05) is 6.54 Å². The fourth-order valence-electron chi connectivity index (χ4n) is 2.42. The quantitative estimate of drug-likeness (QED) is 0.760. The van der Waals surface area contributed by atoms with Gasteiger partial charge in [0.1, 0.15) is 0 Å². The third-order valence-corrected chi connectivity index (χ3v) is 3.67. The molecule has 0 fully saturated rings. The second-order valence-corrected chi connectivity index (χ2v) is 5.51. The number of halogens is 3. The van der Waals surface area contributed by atoms with Gasteiger partial charge in [-0.15, -0.1) is 0 Å². The summed E-state index contributed by atoms with van der Waals surface area (Å²) in [6.07, 6.45) is -2.66. The minimum atomic E-state index is -4.58. The van der Waals surface area contributed by atoms with Crippen LogP contribution in [0.25, 0.3) is 5.69 Å². The molecule has 2 aromatic carbocycles. The molecule has 0 aliphatic heterocycles. The minimum Gasteiger partial charge on any atom is -0.352 e. The van der Waals surface area contributed by atoms with Crippen LogP contribution in [0.2, 0.25) is 0 Å². The predicted octanol–water partition coefficient (Wildman–Crippen LogP) is 3.26. The maximum atomic E-state index is 13.0. The van der Waals surface area contributed by atoms with Gasteiger partial charge in [-0.2, -0.15) is 28.2 Å². The lowest BCUT2D eigenvalue weighted by Gasteiger charge is -2.12. The maximum Gasteiger partial charge on any atom is 0.417 e. The molecule has 1 aromatic heterocycles. The molecule has 1 amide bonds. The normalized spacial score (nSPS) is 11.3. The number of nitrogens with one attached hydrogen (secondary N) is 1. The number of para-hydroxylation sites is 1. The van der Waals surface area contributed by atoms with Crippen molar-refractivity contribution in [1.82, 2.24) is 20.3 Å². The Morgan fingerprint density at radius 3 is 2.46 bits per heavy atom. The summed E-state index contributed by atoms with van der Waals surface area (Å²) < 4.78 is 38.9. The van der Waals surface area contributed by atoms with Crippen LogP contribution in [0.15, 0.2) is 60.8 Å². The first-order valence-corrected chi connectivity index (χ1v) is 7.86. The number of rotatable bonds is 5. The zero-order valence-corrected chi connectivity index (χ0v) is 13.6. The van der Waals surface area contributed by atoms with Crippen molar-refractivity contribution in [2.24, 2.45) is 0 Å². The van der Waals surface area contributed by atoms with E-state index in [9.17, 15) is 18.0 Å². The van der Waals surface area contributed by atoms with Crippen LogP contribution < -0.4 is 5.32 Å². The summed E-state index contributed by atoms with van der Waals surface area (Å²) in [5, 5.41) is 10.9. The number of amides is 1. The molecule has 3 aromatic rings. The van der Waals surface area contributed by atoms with Crippen molar-refractivity contribution in [3.05, 3.63) is 77.6 Å². The van der Waals surface area contributed by atoms with Gasteiger partial charge in [-0.25, -0.2) is 0 Å².